The van der Waals surface area contributed by atoms with Gasteiger partial charge in [0.05, 0.1) is 0 Å². The molecule has 0 unspecified atom stereocenters. The van der Waals surface area contributed by atoms with E-state index in [1.807, 2.05) is 6.07 Å². The Labute approximate surface area is 177 Å². The van der Waals surface area contributed by atoms with Crippen molar-refractivity contribution < 1.29 is 10.0 Å². The maximum absolute atomic E-state index is 11.2. The first-order chi connectivity index (χ1) is 14.3. The molecular weight excluding hydrogens is 374 g/mol. The maximum atomic E-state index is 11.2. The normalized spacial score (nSPS) is 14.5. The largest absolute Gasteiger partial charge is 0.358 e. The topological polar surface area (TPSA) is 68.4 Å². The molecular formula is C25H29N3O2. The van der Waals surface area contributed by atoms with Crippen LogP contribution in [0.3, 0.4) is 0 Å². The third-order valence-corrected chi connectivity index (χ3v) is 5.80. The van der Waals surface area contributed by atoms with E-state index >= 15 is 0 Å². The van der Waals surface area contributed by atoms with Gasteiger partial charge < -0.3 is 4.98 Å². The monoisotopic (exact) mass is 403 g/mol. The van der Waals surface area contributed by atoms with Crippen LogP contribution in [0.1, 0.15) is 48.7 Å². The van der Waals surface area contributed by atoms with Gasteiger partial charge in [-0.3, -0.25) is 14.9 Å². The van der Waals surface area contributed by atoms with Crippen molar-refractivity contribution in [3.63, 3.8) is 0 Å². The molecule has 0 aliphatic carbocycles. The van der Waals surface area contributed by atoms with Crippen molar-refractivity contribution in [3.8, 4) is 0 Å². The first kappa shape index (κ1) is 20.4. The Bertz CT molecular complexity index is 1110. The summed E-state index contributed by atoms with van der Waals surface area (Å²) < 4.78 is 0. The second-order valence-corrected chi connectivity index (χ2v) is 9.07. The number of aromatic amines is 1. The smallest absolute Gasteiger partial charge is 0.267 e. The predicted molar refractivity (Wildman–Crippen MR) is 120 cm³/mol. The number of H-pyrrole nitrogens is 1. The molecule has 0 saturated carbocycles. The van der Waals surface area contributed by atoms with Crippen molar-refractivity contribution in [1.29, 1.82) is 0 Å². The summed E-state index contributed by atoms with van der Waals surface area (Å²) >= 11 is 0. The fourth-order valence-corrected chi connectivity index (χ4v) is 4.33. The van der Waals surface area contributed by atoms with Gasteiger partial charge in [-0.05, 0) is 40.8 Å². The summed E-state index contributed by atoms with van der Waals surface area (Å²) in [6, 6.07) is 14.9. The first-order valence-corrected chi connectivity index (χ1v) is 10.4. The van der Waals surface area contributed by atoms with Gasteiger partial charge >= 0.3 is 0 Å². The number of amides is 1. The fraction of sp³-hybridized carbons (Fsp3) is 0.320. The number of nitrogens with zero attached hydrogens (tertiary/aromatic N) is 1. The molecule has 2 heterocycles. The zero-order valence-corrected chi connectivity index (χ0v) is 17.8. The third kappa shape index (κ3) is 4.18. The van der Waals surface area contributed by atoms with Crippen molar-refractivity contribution in [3.05, 3.63) is 76.5 Å². The van der Waals surface area contributed by atoms with Crippen LogP contribution in [0, 0.1) is 0 Å². The van der Waals surface area contributed by atoms with Crippen molar-refractivity contribution in [1.82, 2.24) is 15.4 Å². The molecule has 1 aromatic heterocycles. The van der Waals surface area contributed by atoms with Gasteiger partial charge in [0.2, 0.25) is 0 Å². The molecule has 1 aliphatic rings. The number of nitrogens with one attached hydrogen (secondary N) is 2. The highest BCUT2D eigenvalue weighted by molar-refractivity contribution is 5.90. The molecule has 3 aromatic rings. The number of fused-ring (bicyclic) bond motifs is 2. The number of para-hydroxylation sites is 1. The molecule has 1 amide bonds. The number of hydrogen-bond acceptors (Lipinski definition) is 3. The van der Waals surface area contributed by atoms with Gasteiger partial charge in [0, 0.05) is 47.7 Å². The summed E-state index contributed by atoms with van der Waals surface area (Å²) in [6.45, 7) is 9.65. The fourth-order valence-electron chi connectivity index (χ4n) is 4.33. The van der Waals surface area contributed by atoms with Gasteiger partial charge in [0.1, 0.15) is 0 Å². The van der Waals surface area contributed by atoms with Crippen LogP contribution in [0.2, 0.25) is 0 Å². The standard InChI is InChI=1S/C25H29N3O2/c1-25(2,3)24-21(20-6-4-5-7-22(20)26-24)12-13-28-15-18-10-8-17(14-19(18)16-28)9-11-23(29)27-30/h4-11,14,26,30H,12-13,15-16H2,1-3H3,(H,27,29)/b11-9+. The minimum Gasteiger partial charge on any atom is -0.358 e. The highest BCUT2D eigenvalue weighted by Gasteiger charge is 2.24. The third-order valence-electron chi connectivity index (χ3n) is 5.80. The molecule has 0 spiro atoms. The van der Waals surface area contributed by atoms with Crippen molar-refractivity contribution in [2.24, 2.45) is 0 Å². The summed E-state index contributed by atoms with van der Waals surface area (Å²) in [5.41, 5.74) is 9.26. The number of aromatic nitrogens is 1. The number of hydrogen-bond donors (Lipinski definition) is 3. The van der Waals surface area contributed by atoms with E-state index in [4.69, 9.17) is 5.21 Å². The number of carbonyl (C=O) groups excluding carboxylic acids is 1. The highest BCUT2D eigenvalue weighted by atomic mass is 16.5. The Morgan fingerprint density at radius 1 is 1.17 bits per heavy atom. The zero-order chi connectivity index (χ0) is 21.3. The van der Waals surface area contributed by atoms with E-state index in [-0.39, 0.29) is 5.41 Å². The van der Waals surface area contributed by atoms with Crippen LogP contribution >= 0.6 is 0 Å². The van der Waals surface area contributed by atoms with Gasteiger partial charge in [-0.2, -0.15) is 0 Å². The van der Waals surface area contributed by atoms with Crippen molar-refractivity contribution in [2.75, 3.05) is 6.54 Å². The predicted octanol–water partition coefficient (Wildman–Crippen LogP) is 4.54. The first-order valence-electron chi connectivity index (χ1n) is 10.4. The summed E-state index contributed by atoms with van der Waals surface area (Å²) in [4.78, 5) is 17.3. The minimum atomic E-state index is -0.523. The Kier molecular flexibility index (Phi) is 5.50. The molecule has 0 fully saturated rings. The Hall–Kier alpha value is -2.89. The van der Waals surface area contributed by atoms with E-state index in [0.717, 1.165) is 31.6 Å². The molecule has 0 radical (unpaired) electrons. The van der Waals surface area contributed by atoms with Crippen LogP contribution in [0.15, 0.2) is 48.5 Å². The lowest BCUT2D eigenvalue weighted by Crippen LogP contribution is -2.21. The second kappa shape index (κ2) is 8.09. The number of benzene rings is 2. The second-order valence-electron chi connectivity index (χ2n) is 9.07. The van der Waals surface area contributed by atoms with Gasteiger partial charge in [-0.15, -0.1) is 0 Å². The van der Waals surface area contributed by atoms with Crippen LogP contribution in [0.5, 0.6) is 0 Å². The molecule has 0 saturated heterocycles. The Morgan fingerprint density at radius 2 is 1.93 bits per heavy atom. The molecule has 0 bridgehead atoms. The molecule has 2 aromatic carbocycles. The molecule has 30 heavy (non-hydrogen) atoms. The van der Waals surface area contributed by atoms with E-state index in [1.165, 1.54) is 39.4 Å². The van der Waals surface area contributed by atoms with Gasteiger partial charge in [-0.1, -0.05) is 57.2 Å². The lowest BCUT2D eigenvalue weighted by molar-refractivity contribution is -0.124. The van der Waals surface area contributed by atoms with Crippen molar-refractivity contribution >= 4 is 22.9 Å². The quantitative estimate of drug-likeness (QED) is 0.333. The number of carbonyl (C=O) groups is 1. The van der Waals surface area contributed by atoms with E-state index in [0.29, 0.717) is 0 Å². The Balaban J connectivity index is 1.49. The van der Waals surface area contributed by atoms with E-state index in [2.05, 4.69) is 67.1 Å². The SMILES string of the molecule is CC(C)(C)c1[nH]c2ccccc2c1CCN1Cc2ccc(/C=C/C(=O)NO)cc2C1. The average molecular weight is 404 g/mol. The molecule has 5 nitrogen and oxygen atoms in total. The molecule has 4 rings (SSSR count). The van der Waals surface area contributed by atoms with Crippen molar-refractivity contribution in [2.45, 2.75) is 45.7 Å². The van der Waals surface area contributed by atoms with Crippen LogP contribution in [0.4, 0.5) is 0 Å². The average Bonchev–Trinajstić information content (AvgIpc) is 3.30. The molecule has 3 N–H and O–H groups in total. The number of hydroxylamine groups is 1. The van der Waals surface area contributed by atoms with Crippen LogP contribution in [-0.2, 0) is 29.7 Å². The molecule has 1 aliphatic heterocycles. The van der Waals surface area contributed by atoms with Crippen LogP contribution in [-0.4, -0.2) is 27.5 Å². The molecule has 156 valence electrons. The van der Waals surface area contributed by atoms with Crippen LogP contribution < -0.4 is 5.48 Å². The zero-order valence-electron chi connectivity index (χ0n) is 17.8. The maximum Gasteiger partial charge on any atom is 0.267 e. The van der Waals surface area contributed by atoms with Gasteiger partial charge in [-0.25, -0.2) is 5.48 Å². The van der Waals surface area contributed by atoms with Crippen LogP contribution in [0.25, 0.3) is 17.0 Å². The Morgan fingerprint density at radius 3 is 2.70 bits per heavy atom. The van der Waals surface area contributed by atoms with E-state index < -0.39 is 5.91 Å². The van der Waals surface area contributed by atoms with Gasteiger partial charge in [0.15, 0.2) is 0 Å². The highest BCUT2D eigenvalue weighted by Crippen LogP contribution is 2.32. The molecule has 0 atom stereocenters. The summed E-state index contributed by atoms with van der Waals surface area (Å²) in [5, 5.41) is 9.94. The minimum absolute atomic E-state index is 0.0738. The summed E-state index contributed by atoms with van der Waals surface area (Å²) in [7, 11) is 0. The summed E-state index contributed by atoms with van der Waals surface area (Å²) in [6.07, 6.45) is 4.06. The molecule has 5 heteroatoms. The number of rotatable bonds is 5. The lowest BCUT2D eigenvalue weighted by atomic mass is 9.88. The van der Waals surface area contributed by atoms with E-state index in [1.54, 1.807) is 11.6 Å². The van der Waals surface area contributed by atoms with E-state index in [9.17, 15) is 4.79 Å². The van der Waals surface area contributed by atoms with Gasteiger partial charge in [0.25, 0.3) is 5.91 Å². The summed E-state index contributed by atoms with van der Waals surface area (Å²) in [5.74, 6) is -0.523. The lowest BCUT2D eigenvalue weighted by Gasteiger charge is -2.21.